The molecular weight excluding hydrogens is 450 g/mol. The molecule has 0 fully saturated rings. The average molecular weight is 502 g/mol. The molecule has 7 nitrogen and oxygen atoms in total. The topological polar surface area (TPSA) is 58.0 Å². The third-order valence-electron chi connectivity index (χ3n) is 6.22. The predicted molar refractivity (Wildman–Crippen MR) is 141 cm³/mol. The van der Waals surface area contributed by atoms with Crippen molar-refractivity contribution in [2.24, 2.45) is 0 Å². The zero-order valence-corrected chi connectivity index (χ0v) is 24.3. The van der Waals surface area contributed by atoms with Gasteiger partial charge in [0, 0.05) is 45.4 Å². The van der Waals surface area contributed by atoms with Crippen molar-refractivity contribution < 1.29 is 17.7 Å². The highest BCUT2D eigenvalue weighted by Gasteiger charge is 2.35. The van der Waals surface area contributed by atoms with Gasteiger partial charge in [-0.3, -0.25) is 0 Å². The molecule has 0 amide bonds. The summed E-state index contributed by atoms with van der Waals surface area (Å²) >= 11 is 0. The molecular formula is C24H51N3O4Si2. The molecule has 33 heavy (non-hydrogen) atoms. The lowest BCUT2D eigenvalue weighted by Crippen LogP contribution is -2.43. The van der Waals surface area contributed by atoms with Crippen molar-refractivity contribution in [2.45, 2.75) is 91.5 Å². The van der Waals surface area contributed by atoms with E-state index in [9.17, 15) is 0 Å². The van der Waals surface area contributed by atoms with Gasteiger partial charge in [-0.1, -0.05) is 13.8 Å². The standard InChI is InChI=1S/C24H51N3O4Si2/c1-7-28-32(11-5,29-8-2)22-14-19-26(17-13-18-27-21-16-25-24-27)20-15-23-33(12-6,30-9-3)31-10-4/h16,21,24H,7-15,17-20,22-23H2,1-6H3. The average Bonchev–Trinajstić information content (AvgIpc) is 3.32. The predicted octanol–water partition coefficient (Wildman–Crippen LogP) is 5.43. The lowest BCUT2D eigenvalue weighted by molar-refractivity contribution is 0.177. The summed E-state index contributed by atoms with van der Waals surface area (Å²) in [6, 6.07) is 4.16. The minimum Gasteiger partial charge on any atom is -0.394 e. The molecule has 0 saturated carbocycles. The lowest BCUT2D eigenvalue weighted by atomic mass is 10.3. The van der Waals surface area contributed by atoms with Crippen molar-refractivity contribution >= 4 is 17.1 Å². The van der Waals surface area contributed by atoms with Gasteiger partial charge in [0.1, 0.15) is 0 Å². The highest BCUT2D eigenvalue weighted by molar-refractivity contribution is 6.67. The largest absolute Gasteiger partial charge is 0.394 e. The summed E-state index contributed by atoms with van der Waals surface area (Å²) in [6.07, 6.45) is 9.17. The Morgan fingerprint density at radius 2 is 1.15 bits per heavy atom. The van der Waals surface area contributed by atoms with Crippen molar-refractivity contribution in [3.63, 3.8) is 0 Å². The van der Waals surface area contributed by atoms with E-state index in [4.69, 9.17) is 17.7 Å². The van der Waals surface area contributed by atoms with Gasteiger partial charge in [0.15, 0.2) is 0 Å². The van der Waals surface area contributed by atoms with Crippen LogP contribution in [0.2, 0.25) is 24.2 Å². The first-order chi connectivity index (χ1) is 16.0. The van der Waals surface area contributed by atoms with Gasteiger partial charge in [0.25, 0.3) is 0 Å². The molecule has 0 unspecified atom stereocenters. The van der Waals surface area contributed by atoms with Crippen LogP contribution in [0.25, 0.3) is 0 Å². The second kappa shape index (κ2) is 17.8. The zero-order valence-electron chi connectivity index (χ0n) is 22.3. The minimum atomic E-state index is -2.07. The Morgan fingerprint density at radius 1 is 0.697 bits per heavy atom. The number of hydrogen-bond donors (Lipinski definition) is 0. The SMILES string of the molecule is CCO[Si](CC)(CCCN(CCCn1ccnc1)CCC[Si](CC)(OCC)OCC)OCC. The Bertz CT molecular complexity index is 536. The zero-order chi connectivity index (χ0) is 24.4. The van der Waals surface area contributed by atoms with Gasteiger partial charge in [-0.15, -0.1) is 0 Å². The van der Waals surface area contributed by atoms with Crippen LogP contribution in [0.4, 0.5) is 0 Å². The molecule has 1 aromatic rings. The number of hydrogen-bond acceptors (Lipinski definition) is 6. The van der Waals surface area contributed by atoms with Crippen molar-refractivity contribution in [2.75, 3.05) is 46.1 Å². The molecule has 9 heteroatoms. The summed E-state index contributed by atoms with van der Waals surface area (Å²) in [5.74, 6) is 0. The van der Waals surface area contributed by atoms with Gasteiger partial charge >= 0.3 is 17.1 Å². The molecule has 0 atom stereocenters. The van der Waals surface area contributed by atoms with Gasteiger partial charge < -0.3 is 27.2 Å². The monoisotopic (exact) mass is 501 g/mol. The molecule has 0 aliphatic heterocycles. The van der Waals surface area contributed by atoms with Crippen molar-refractivity contribution in [3.8, 4) is 0 Å². The molecule has 1 rings (SSSR count). The summed E-state index contributed by atoms with van der Waals surface area (Å²) in [4.78, 5) is 6.79. The molecule has 194 valence electrons. The van der Waals surface area contributed by atoms with Crippen LogP contribution in [-0.2, 0) is 24.2 Å². The van der Waals surface area contributed by atoms with E-state index in [1.165, 1.54) is 0 Å². The first-order valence-corrected chi connectivity index (χ1v) is 17.7. The van der Waals surface area contributed by atoms with E-state index in [0.29, 0.717) is 0 Å². The Balaban J connectivity index is 2.66. The maximum Gasteiger partial charge on any atom is 0.337 e. The first kappa shape index (κ1) is 30.5. The van der Waals surface area contributed by atoms with Crippen LogP contribution >= 0.6 is 0 Å². The van der Waals surface area contributed by atoms with E-state index < -0.39 is 17.1 Å². The van der Waals surface area contributed by atoms with Crippen LogP contribution in [-0.4, -0.2) is 77.6 Å². The third kappa shape index (κ3) is 11.6. The number of rotatable bonds is 22. The molecule has 0 N–H and O–H groups in total. The molecule has 0 radical (unpaired) electrons. The van der Waals surface area contributed by atoms with Crippen LogP contribution < -0.4 is 0 Å². The lowest BCUT2D eigenvalue weighted by Gasteiger charge is -2.31. The highest BCUT2D eigenvalue weighted by Crippen LogP contribution is 2.23. The van der Waals surface area contributed by atoms with Crippen LogP contribution in [0, 0.1) is 0 Å². The van der Waals surface area contributed by atoms with Crippen molar-refractivity contribution in [1.82, 2.24) is 14.5 Å². The number of imidazole rings is 1. The summed E-state index contributed by atoms with van der Waals surface area (Å²) in [6.45, 7) is 20.0. The summed E-state index contributed by atoms with van der Waals surface area (Å²) in [7, 11) is -4.14. The van der Waals surface area contributed by atoms with Crippen LogP contribution in [0.15, 0.2) is 18.7 Å². The van der Waals surface area contributed by atoms with Gasteiger partial charge in [-0.2, -0.15) is 0 Å². The molecule has 0 saturated heterocycles. The quantitative estimate of drug-likeness (QED) is 0.198. The first-order valence-electron chi connectivity index (χ1n) is 13.3. The fourth-order valence-corrected chi connectivity index (χ4v) is 10.3. The molecule has 0 aromatic carbocycles. The van der Waals surface area contributed by atoms with E-state index in [1.54, 1.807) is 0 Å². The maximum absolute atomic E-state index is 6.19. The van der Waals surface area contributed by atoms with E-state index in [-0.39, 0.29) is 0 Å². The molecule has 0 bridgehead atoms. The Hall–Kier alpha value is -0.556. The van der Waals surface area contributed by atoms with Crippen LogP contribution in [0.3, 0.4) is 0 Å². The number of nitrogens with zero attached hydrogens (tertiary/aromatic N) is 3. The van der Waals surface area contributed by atoms with E-state index in [1.807, 2.05) is 18.7 Å². The van der Waals surface area contributed by atoms with Crippen molar-refractivity contribution in [3.05, 3.63) is 18.7 Å². The minimum absolute atomic E-state index is 0.743. The van der Waals surface area contributed by atoms with Gasteiger partial charge in [-0.05, 0) is 90.8 Å². The Morgan fingerprint density at radius 3 is 1.52 bits per heavy atom. The smallest absolute Gasteiger partial charge is 0.337 e. The summed E-state index contributed by atoms with van der Waals surface area (Å²) < 4.78 is 26.9. The number of aryl methyl sites for hydroxylation is 1. The normalized spacial score (nSPS) is 12.7. The van der Waals surface area contributed by atoms with Gasteiger partial charge in [-0.25, -0.2) is 4.98 Å². The van der Waals surface area contributed by atoms with Gasteiger partial charge in [0.05, 0.1) is 6.33 Å². The van der Waals surface area contributed by atoms with Crippen LogP contribution in [0.1, 0.15) is 60.8 Å². The van der Waals surface area contributed by atoms with E-state index in [2.05, 4.69) is 56.0 Å². The second-order valence-corrected chi connectivity index (χ2v) is 15.7. The van der Waals surface area contributed by atoms with Gasteiger partial charge in [0.2, 0.25) is 0 Å². The molecule has 0 aliphatic rings. The van der Waals surface area contributed by atoms with Crippen LogP contribution in [0.5, 0.6) is 0 Å². The third-order valence-corrected chi connectivity index (χ3v) is 13.9. The molecule has 1 heterocycles. The maximum atomic E-state index is 6.19. The van der Waals surface area contributed by atoms with E-state index >= 15 is 0 Å². The number of aromatic nitrogens is 2. The summed E-state index contributed by atoms with van der Waals surface area (Å²) in [5, 5.41) is 0. The molecule has 1 aromatic heterocycles. The second-order valence-electron chi connectivity index (χ2n) is 8.46. The fraction of sp³-hybridized carbons (Fsp3) is 0.875. The fourth-order valence-electron chi connectivity index (χ4n) is 4.56. The Kier molecular flexibility index (Phi) is 16.5. The molecule has 0 spiro atoms. The summed E-state index contributed by atoms with van der Waals surface area (Å²) in [5.41, 5.74) is 0. The van der Waals surface area contributed by atoms with E-state index in [0.717, 1.165) is 96.0 Å². The highest BCUT2D eigenvalue weighted by atomic mass is 28.4. The van der Waals surface area contributed by atoms with Crippen molar-refractivity contribution in [1.29, 1.82) is 0 Å². The Labute approximate surface area is 205 Å². The molecule has 0 aliphatic carbocycles.